The number of rotatable bonds is 3. The SMILES string of the molecule is Cc1cnc(S(=O)(=O)Cl)c([N+](=O)[O-])c1OC(F)(F)F. The molecule has 0 aliphatic carbocycles. The molecule has 0 amide bonds. The molecule has 12 heteroatoms. The van der Waals surface area contributed by atoms with Crippen LogP contribution in [0.3, 0.4) is 0 Å². The van der Waals surface area contributed by atoms with E-state index in [1.54, 1.807) is 0 Å². The maximum absolute atomic E-state index is 12.1. The average molecular weight is 321 g/mol. The minimum atomic E-state index is -5.23. The van der Waals surface area contributed by atoms with Gasteiger partial charge in [0.1, 0.15) is 0 Å². The van der Waals surface area contributed by atoms with Crippen LogP contribution < -0.4 is 4.74 Å². The molecule has 1 aromatic heterocycles. The Labute approximate surface area is 108 Å². The highest BCUT2D eigenvalue weighted by molar-refractivity contribution is 8.13. The quantitative estimate of drug-likeness (QED) is 0.480. The molecule has 0 fully saturated rings. The number of nitrogens with zero attached hydrogens (tertiary/aromatic N) is 2. The van der Waals surface area contributed by atoms with Gasteiger partial charge in [-0.3, -0.25) is 10.1 Å². The van der Waals surface area contributed by atoms with Gasteiger partial charge < -0.3 is 4.74 Å². The molecule has 1 rings (SSSR count). The average Bonchev–Trinajstić information content (AvgIpc) is 2.16. The molecular weight excluding hydrogens is 317 g/mol. The van der Waals surface area contributed by atoms with Crippen LogP contribution in [0.25, 0.3) is 0 Å². The Morgan fingerprint density at radius 3 is 2.37 bits per heavy atom. The van der Waals surface area contributed by atoms with E-state index in [9.17, 15) is 31.7 Å². The lowest BCUT2D eigenvalue weighted by Gasteiger charge is -2.12. The van der Waals surface area contributed by atoms with Gasteiger partial charge in [0.05, 0.1) is 4.92 Å². The van der Waals surface area contributed by atoms with Crippen molar-refractivity contribution in [2.24, 2.45) is 0 Å². The van der Waals surface area contributed by atoms with E-state index < -0.39 is 36.8 Å². The fourth-order valence-corrected chi connectivity index (χ4v) is 2.06. The molecule has 0 aliphatic rings. The number of aryl methyl sites for hydroxylation is 1. The van der Waals surface area contributed by atoms with Crippen LogP contribution in [0.4, 0.5) is 18.9 Å². The molecule has 1 aromatic rings. The van der Waals surface area contributed by atoms with Crippen molar-refractivity contribution in [2.45, 2.75) is 18.3 Å². The monoisotopic (exact) mass is 320 g/mol. The summed E-state index contributed by atoms with van der Waals surface area (Å²) in [7, 11) is 0.171. The molecule has 0 aliphatic heterocycles. The van der Waals surface area contributed by atoms with E-state index in [1.807, 2.05) is 0 Å². The third-order valence-electron chi connectivity index (χ3n) is 1.78. The Hall–Kier alpha value is -1.62. The molecule has 0 spiro atoms. The molecule has 7 nitrogen and oxygen atoms in total. The molecule has 0 saturated carbocycles. The van der Waals surface area contributed by atoms with Gasteiger partial charge in [0.2, 0.25) is 5.75 Å². The van der Waals surface area contributed by atoms with Gasteiger partial charge in [0.15, 0.2) is 0 Å². The minimum absolute atomic E-state index is 0.368. The smallest absolute Gasteiger partial charge is 0.398 e. The topological polar surface area (TPSA) is 99.4 Å². The molecule has 1 heterocycles. The lowest BCUT2D eigenvalue weighted by Crippen LogP contribution is -2.19. The van der Waals surface area contributed by atoms with E-state index in [4.69, 9.17) is 10.7 Å². The number of aromatic nitrogens is 1. The van der Waals surface area contributed by atoms with Gasteiger partial charge >= 0.3 is 12.0 Å². The fourth-order valence-electron chi connectivity index (χ4n) is 1.14. The highest BCUT2D eigenvalue weighted by Crippen LogP contribution is 2.39. The number of halogens is 4. The maximum Gasteiger partial charge on any atom is 0.573 e. The van der Waals surface area contributed by atoms with Crippen LogP contribution in [-0.4, -0.2) is 24.7 Å². The summed E-state index contributed by atoms with van der Waals surface area (Å²) in [5.41, 5.74) is -1.83. The number of pyridine rings is 1. The Morgan fingerprint density at radius 1 is 1.47 bits per heavy atom. The van der Waals surface area contributed by atoms with Crippen molar-refractivity contribution >= 4 is 25.4 Å². The summed E-state index contributed by atoms with van der Waals surface area (Å²) >= 11 is 0. The number of hydrogen-bond donors (Lipinski definition) is 0. The van der Waals surface area contributed by atoms with Crippen LogP contribution in [0.5, 0.6) is 5.75 Å². The molecule has 0 N–H and O–H groups in total. The number of ether oxygens (including phenoxy) is 1. The fraction of sp³-hybridized carbons (Fsp3) is 0.286. The third kappa shape index (κ3) is 3.67. The van der Waals surface area contributed by atoms with Gasteiger partial charge in [0.25, 0.3) is 14.1 Å². The normalized spacial score (nSPS) is 12.3. The molecule has 0 saturated heterocycles. The largest absolute Gasteiger partial charge is 0.573 e. The van der Waals surface area contributed by atoms with Crippen LogP contribution in [-0.2, 0) is 9.05 Å². The molecule has 106 valence electrons. The molecule has 0 atom stereocenters. The molecule has 19 heavy (non-hydrogen) atoms. The second-order valence-corrected chi connectivity index (χ2v) is 5.65. The zero-order valence-electron chi connectivity index (χ0n) is 8.93. The van der Waals surface area contributed by atoms with Crippen molar-refractivity contribution in [2.75, 3.05) is 0 Å². The molecule has 0 unspecified atom stereocenters. The summed E-state index contributed by atoms with van der Waals surface area (Å²) < 4.78 is 62.0. The minimum Gasteiger partial charge on any atom is -0.398 e. The van der Waals surface area contributed by atoms with E-state index in [0.29, 0.717) is 6.20 Å². The Balaban J connectivity index is 3.66. The zero-order valence-corrected chi connectivity index (χ0v) is 10.5. The number of hydrogen-bond acceptors (Lipinski definition) is 6. The first-order chi connectivity index (χ1) is 8.43. The number of nitro groups is 1. The number of alkyl halides is 3. The summed E-state index contributed by atoms with van der Waals surface area (Å²) in [4.78, 5) is 12.5. The first-order valence-corrected chi connectivity index (χ1v) is 6.59. The predicted molar refractivity (Wildman–Crippen MR) is 55.4 cm³/mol. The summed E-state index contributed by atoms with van der Waals surface area (Å²) in [6, 6.07) is 0. The van der Waals surface area contributed by atoms with Gasteiger partial charge in [-0.15, -0.1) is 13.2 Å². The van der Waals surface area contributed by atoms with E-state index in [-0.39, 0.29) is 5.56 Å². The van der Waals surface area contributed by atoms with Crippen LogP contribution >= 0.6 is 10.7 Å². The summed E-state index contributed by atoms with van der Waals surface area (Å²) in [5, 5.41) is 9.41. The van der Waals surface area contributed by atoms with Crippen molar-refractivity contribution < 1.29 is 31.2 Å². The highest BCUT2D eigenvalue weighted by Gasteiger charge is 2.39. The third-order valence-corrected chi connectivity index (χ3v) is 2.98. The molecular formula is C7H4ClF3N2O5S. The summed E-state index contributed by atoms with van der Waals surface area (Å²) in [5.74, 6) is -1.27. The second-order valence-electron chi connectivity index (χ2n) is 3.17. The van der Waals surface area contributed by atoms with Gasteiger partial charge in [-0.25, -0.2) is 13.4 Å². The standard InChI is InChI=1S/C7H4ClF3N2O5S/c1-3-2-12-6(19(8,16)17)4(13(14)15)5(3)18-7(9,10)11/h2H,1H3. The molecule has 0 bridgehead atoms. The van der Waals surface area contributed by atoms with Crippen LogP contribution in [0, 0.1) is 17.0 Å². The van der Waals surface area contributed by atoms with Crippen molar-refractivity contribution in [3.8, 4) is 5.75 Å². The van der Waals surface area contributed by atoms with Crippen molar-refractivity contribution in [3.63, 3.8) is 0 Å². The highest BCUT2D eigenvalue weighted by atomic mass is 35.7. The second kappa shape index (κ2) is 4.81. The maximum atomic E-state index is 12.1. The van der Waals surface area contributed by atoms with Gasteiger partial charge in [0, 0.05) is 22.4 Å². The Bertz CT molecular complexity index is 630. The van der Waals surface area contributed by atoms with Crippen LogP contribution in [0.1, 0.15) is 5.56 Å². The van der Waals surface area contributed by atoms with Crippen molar-refractivity contribution in [1.82, 2.24) is 4.98 Å². The van der Waals surface area contributed by atoms with Crippen LogP contribution in [0.15, 0.2) is 11.2 Å². The van der Waals surface area contributed by atoms with Crippen molar-refractivity contribution in [3.05, 3.63) is 21.9 Å². The first kappa shape index (κ1) is 15.4. The molecule has 0 aromatic carbocycles. The van der Waals surface area contributed by atoms with E-state index in [0.717, 1.165) is 6.92 Å². The molecule has 0 radical (unpaired) electrons. The van der Waals surface area contributed by atoms with Crippen LogP contribution in [0.2, 0.25) is 0 Å². The van der Waals surface area contributed by atoms with Gasteiger partial charge in [-0.1, -0.05) is 0 Å². The summed E-state index contributed by atoms with van der Waals surface area (Å²) in [6.45, 7) is 1.03. The van der Waals surface area contributed by atoms with Crippen molar-refractivity contribution in [1.29, 1.82) is 0 Å². The predicted octanol–water partition coefficient (Wildman–Crippen LogP) is 2.12. The first-order valence-electron chi connectivity index (χ1n) is 4.28. The van der Waals surface area contributed by atoms with E-state index >= 15 is 0 Å². The zero-order chi connectivity index (χ0) is 15.0. The van der Waals surface area contributed by atoms with E-state index in [2.05, 4.69) is 9.72 Å². The Kier molecular flexibility index (Phi) is 3.91. The Morgan fingerprint density at radius 2 is 2.00 bits per heavy atom. The van der Waals surface area contributed by atoms with Gasteiger partial charge in [-0.05, 0) is 6.92 Å². The lowest BCUT2D eigenvalue weighted by molar-refractivity contribution is -0.392. The summed E-state index contributed by atoms with van der Waals surface area (Å²) in [6.07, 6.45) is -4.56. The van der Waals surface area contributed by atoms with Gasteiger partial charge in [-0.2, -0.15) is 0 Å². The van der Waals surface area contributed by atoms with E-state index in [1.165, 1.54) is 0 Å². The lowest BCUT2D eigenvalue weighted by atomic mass is 10.2.